The molecule has 0 saturated heterocycles. The average molecular weight is 540 g/mol. The van der Waals surface area contributed by atoms with Crippen LogP contribution >= 0.6 is 11.6 Å². The number of nitrogens with one attached hydrogen (secondary N) is 2. The summed E-state index contributed by atoms with van der Waals surface area (Å²) >= 11 is 6.49. The lowest BCUT2D eigenvalue weighted by Gasteiger charge is -2.57. The minimum atomic E-state index is -0.250. The first-order valence-electron chi connectivity index (χ1n) is 14.1. The van der Waals surface area contributed by atoms with Gasteiger partial charge in [-0.25, -0.2) is 9.48 Å². The predicted molar refractivity (Wildman–Crippen MR) is 152 cm³/mol. The van der Waals surface area contributed by atoms with Gasteiger partial charge in [-0.1, -0.05) is 58.4 Å². The largest absolute Gasteiger partial charge is 0.333 e. The van der Waals surface area contributed by atoms with Gasteiger partial charge in [-0.15, -0.1) is 0 Å². The number of benzene rings is 1. The predicted octanol–water partition coefficient (Wildman–Crippen LogP) is 6.40. The Labute approximate surface area is 231 Å². The molecule has 1 aromatic carbocycles. The lowest BCUT2D eigenvalue weighted by Crippen LogP contribution is -2.62. The van der Waals surface area contributed by atoms with Gasteiger partial charge in [0.1, 0.15) is 12.4 Å². The van der Waals surface area contributed by atoms with E-state index < -0.39 is 0 Å². The van der Waals surface area contributed by atoms with E-state index >= 15 is 0 Å². The number of anilines is 1. The SMILES string of the molecule is CC(C)CN(CC(=O)Nc1cc(C(C)(C)C)nn1-c1ccccc1Cl)C(=O)NC12CC3CC(CC(C3)C1)C2. The number of halogens is 1. The lowest BCUT2D eigenvalue weighted by atomic mass is 9.53. The lowest BCUT2D eigenvalue weighted by molar-refractivity contribution is -0.117. The Morgan fingerprint density at radius 3 is 2.26 bits per heavy atom. The minimum Gasteiger partial charge on any atom is -0.333 e. The Balaban J connectivity index is 1.33. The van der Waals surface area contributed by atoms with E-state index in [0.717, 1.165) is 42.7 Å². The zero-order valence-corrected chi connectivity index (χ0v) is 24.1. The van der Waals surface area contributed by atoms with Crippen LogP contribution in [0, 0.1) is 23.7 Å². The number of hydrogen-bond acceptors (Lipinski definition) is 3. The van der Waals surface area contributed by atoms with Crippen molar-refractivity contribution in [3.63, 3.8) is 0 Å². The molecule has 4 fully saturated rings. The highest BCUT2D eigenvalue weighted by Gasteiger charge is 2.51. The smallest absolute Gasteiger partial charge is 0.318 e. The Kier molecular flexibility index (Phi) is 7.27. The first-order valence-corrected chi connectivity index (χ1v) is 14.5. The Morgan fingerprint density at radius 2 is 1.71 bits per heavy atom. The van der Waals surface area contributed by atoms with Gasteiger partial charge in [0.25, 0.3) is 0 Å². The third-order valence-electron chi connectivity index (χ3n) is 8.44. The van der Waals surface area contributed by atoms with Gasteiger partial charge in [0.2, 0.25) is 5.91 Å². The number of amides is 3. The van der Waals surface area contributed by atoms with Gasteiger partial charge in [-0.2, -0.15) is 5.10 Å². The van der Waals surface area contributed by atoms with Crippen molar-refractivity contribution in [3.05, 3.63) is 41.0 Å². The summed E-state index contributed by atoms with van der Waals surface area (Å²) < 4.78 is 1.68. The molecule has 2 N–H and O–H groups in total. The van der Waals surface area contributed by atoms with E-state index in [1.165, 1.54) is 19.3 Å². The van der Waals surface area contributed by atoms with E-state index in [0.29, 0.717) is 23.1 Å². The summed E-state index contributed by atoms with van der Waals surface area (Å²) in [6.07, 6.45) is 7.21. The molecule has 0 spiro atoms. The Hall–Kier alpha value is -2.54. The molecule has 38 heavy (non-hydrogen) atoms. The third kappa shape index (κ3) is 5.73. The van der Waals surface area contributed by atoms with Crippen LogP contribution in [0.5, 0.6) is 0 Å². The van der Waals surface area contributed by atoms with Gasteiger partial charge < -0.3 is 15.5 Å². The van der Waals surface area contributed by atoms with E-state index in [-0.39, 0.29) is 35.4 Å². The van der Waals surface area contributed by atoms with E-state index in [9.17, 15) is 9.59 Å². The molecule has 1 heterocycles. The first-order chi connectivity index (χ1) is 17.9. The van der Waals surface area contributed by atoms with Crippen molar-refractivity contribution in [1.82, 2.24) is 20.0 Å². The number of urea groups is 1. The number of nitrogens with zero attached hydrogens (tertiary/aromatic N) is 3. The molecule has 8 heteroatoms. The monoisotopic (exact) mass is 539 g/mol. The van der Waals surface area contributed by atoms with Crippen LogP contribution in [0.2, 0.25) is 5.02 Å². The summed E-state index contributed by atoms with van der Waals surface area (Å²) in [5.74, 6) is 2.76. The number of aromatic nitrogens is 2. The molecular weight excluding hydrogens is 498 g/mol. The maximum atomic E-state index is 13.6. The number of para-hydroxylation sites is 1. The van der Waals surface area contributed by atoms with Crippen LogP contribution in [0.25, 0.3) is 5.69 Å². The maximum absolute atomic E-state index is 13.6. The van der Waals surface area contributed by atoms with Crippen LogP contribution in [0.15, 0.2) is 30.3 Å². The normalized spacial score (nSPS) is 26.0. The van der Waals surface area contributed by atoms with Crippen molar-refractivity contribution in [2.75, 3.05) is 18.4 Å². The van der Waals surface area contributed by atoms with Crippen LogP contribution in [-0.4, -0.2) is 45.2 Å². The number of hydrogen-bond donors (Lipinski definition) is 2. The highest BCUT2D eigenvalue weighted by Crippen LogP contribution is 2.55. The molecule has 2 aromatic rings. The summed E-state index contributed by atoms with van der Waals surface area (Å²) in [5, 5.41) is 11.8. The van der Waals surface area contributed by atoms with Gasteiger partial charge in [0.15, 0.2) is 0 Å². The van der Waals surface area contributed by atoms with Crippen LogP contribution in [-0.2, 0) is 10.2 Å². The van der Waals surface area contributed by atoms with Crippen molar-refractivity contribution >= 4 is 29.4 Å². The summed E-state index contributed by atoms with van der Waals surface area (Å²) in [6, 6.07) is 9.21. The summed E-state index contributed by atoms with van der Waals surface area (Å²) in [7, 11) is 0. The molecule has 4 bridgehead atoms. The molecule has 0 unspecified atom stereocenters. The van der Waals surface area contributed by atoms with Gasteiger partial charge in [-0.3, -0.25) is 4.79 Å². The number of rotatable bonds is 7. The fraction of sp³-hybridized carbons (Fsp3) is 0.633. The number of carbonyl (C=O) groups excluding carboxylic acids is 2. The van der Waals surface area contributed by atoms with Crippen molar-refractivity contribution < 1.29 is 9.59 Å². The van der Waals surface area contributed by atoms with E-state index in [2.05, 4.69) is 45.3 Å². The summed E-state index contributed by atoms with van der Waals surface area (Å²) in [6.45, 7) is 10.9. The van der Waals surface area contributed by atoms with Crippen molar-refractivity contribution in [1.29, 1.82) is 0 Å². The molecule has 0 radical (unpaired) electrons. The number of carbonyl (C=O) groups is 2. The van der Waals surface area contributed by atoms with E-state index in [1.54, 1.807) is 15.6 Å². The highest BCUT2D eigenvalue weighted by molar-refractivity contribution is 6.32. The fourth-order valence-electron chi connectivity index (χ4n) is 7.23. The Morgan fingerprint density at radius 1 is 1.11 bits per heavy atom. The molecule has 6 rings (SSSR count). The quantitative estimate of drug-likeness (QED) is 0.427. The van der Waals surface area contributed by atoms with Crippen molar-refractivity contribution in [2.24, 2.45) is 23.7 Å². The van der Waals surface area contributed by atoms with Crippen molar-refractivity contribution in [3.8, 4) is 5.69 Å². The topological polar surface area (TPSA) is 79.3 Å². The van der Waals surface area contributed by atoms with Crippen LogP contribution in [0.3, 0.4) is 0 Å². The van der Waals surface area contributed by atoms with Gasteiger partial charge in [0.05, 0.1) is 16.4 Å². The van der Waals surface area contributed by atoms with Crippen LogP contribution in [0.4, 0.5) is 10.6 Å². The molecule has 4 aliphatic rings. The molecule has 4 saturated carbocycles. The van der Waals surface area contributed by atoms with Gasteiger partial charge >= 0.3 is 6.03 Å². The molecule has 206 valence electrons. The first kappa shape index (κ1) is 27.0. The fourth-order valence-corrected chi connectivity index (χ4v) is 7.44. The minimum absolute atomic E-state index is 0.0189. The van der Waals surface area contributed by atoms with E-state index in [4.69, 9.17) is 16.7 Å². The van der Waals surface area contributed by atoms with Crippen LogP contribution in [0.1, 0.15) is 78.8 Å². The molecule has 1 aromatic heterocycles. The molecule has 3 amide bonds. The van der Waals surface area contributed by atoms with Gasteiger partial charge in [-0.05, 0) is 74.3 Å². The summed E-state index contributed by atoms with van der Waals surface area (Å²) in [5.41, 5.74) is 1.22. The average Bonchev–Trinajstić information content (AvgIpc) is 3.21. The zero-order chi connectivity index (χ0) is 27.2. The zero-order valence-electron chi connectivity index (χ0n) is 23.4. The molecule has 7 nitrogen and oxygen atoms in total. The molecular formula is C30H42ClN5O2. The molecule has 0 atom stereocenters. The van der Waals surface area contributed by atoms with Crippen molar-refractivity contribution in [2.45, 2.75) is 84.1 Å². The third-order valence-corrected chi connectivity index (χ3v) is 8.76. The van der Waals surface area contributed by atoms with Gasteiger partial charge in [0, 0.05) is 23.6 Å². The van der Waals surface area contributed by atoms with Crippen LogP contribution < -0.4 is 10.6 Å². The second-order valence-electron chi connectivity index (χ2n) is 13.5. The van der Waals surface area contributed by atoms with E-state index in [1.807, 2.05) is 24.3 Å². The second kappa shape index (κ2) is 10.2. The second-order valence-corrected chi connectivity index (χ2v) is 13.9. The molecule has 4 aliphatic carbocycles. The summed E-state index contributed by atoms with van der Waals surface area (Å²) in [4.78, 5) is 28.7. The molecule has 0 aliphatic heterocycles. The Bertz CT molecular complexity index is 1160. The highest BCUT2D eigenvalue weighted by atomic mass is 35.5. The maximum Gasteiger partial charge on any atom is 0.318 e. The standard InChI is InChI=1S/C30H42ClN5O2/c1-19(2)17-35(28(38)33-30-14-20-10-21(15-30)12-22(11-20)16-30)18-27(37)32-26-13-25(29(3,4)5)34-36(26)24-9-7-6-8-23(24)31/h6-9,13,19-22H,10-12,14-18H2,1-5H3,(H,32,37)(H,33,38).